The van der Waals surface area contributed by atoms with Crippen molar-refractivity contribution in [1.29, 1.82) is 0 Å². The number of hydrogen-bond acceptors (Lipinski definition) is 3. The predicted molar refractivity (Wildman–Crippen MR) is 101 cm³/mol. The van der Waals surface area contributed by atoms with Crippen molar-refractivity contribution < 1.29 is 4.79 Å². The Balaban J connectivity index is 2.01. The number of H-pyrrole nitrogens is 2. The number of benzene rings is 1. The van der Waals surface area contributed by atoms with E-state index >= 15 is 0 Å². The summed E-state index contributed by atoms with van der Waals surface area (Å²) >= 11 is 8.33. The first kappa shape index (κ1) is 18.6. The monoisotopic (exact) mass is 409 g/mol. The maximum absolute atomic E-state index is 12.3. The summed E-state index contributed by atoms with van der Waals surface area (Å²) in [4.78, 5) is 29.6. The van der Waals surface area contributed by atoms with Crippen LogP contribution in [0.15, 0.2) is 33.5 Å². The van der Waals surface area contributed by atoms with Crippen molar-refractivity contribution in [3.8, 4) is 0 Å². The number of halogens is 1. The molecule has 0 spiro atoms. The number of rotatable bonds is 6. The molecular formula is C17H20BrN3O2S. The van der Waals surface area contributed by atoms with Gasteiger partial charge in [-0.3, -0.25) is 14.6 Å². The third-order valence-electron chi connectivity index (χ3n) is 3.87. The second-order valence-corrected chi connectivity index (χ2v) is 6.92. The summed E-state index contributed by atoms with van der Waals surface area (Å²) in [5.74, 6) is -0.0778. The molecule has 0 aliphatic rings. The number of aromatic nitrogens is 2. The summed E-state index contributed by atoms with van der Waals surface area (Å²) in [6.07, 6.45) is 1.42. The molecule has 1 aromatic heterocycles. The minimum absolute atomic E-state index is 0.0356. The molecule has 0 unspecified atom stereocenters. The van der Waals surface area contributed by atoms with Gasteiger partial charge < -0.3 is 10.3 Å². The molecule has 1 amide bonds. The molecule has 0 radical (unpaired) electrons. The zero-order valence-corrected chi connectivity index (χ0v) is 16.0. The SMILES string of the molecule is CC[C@@H](NC(=O)CCc1c(C)[nH]c(=S)[nH]c1=O)c1ccc(Br)cc1. The third-order valence-corrected chi connectivity index (χ3v) is 4.61. The normalized spacial score (nSPS) is 12.0. The molecule has 0 fully saturated rings. The highest BCUT2D eigenvalue weighted by Gasteiger charge is 2.14. The van der Waals surface area contributed by atoms with E-state index in [2.05, 4.69) is 31.2 Å². The van der Waals surface area contributed by atoms with Gasteiger partial charge in [-0.15, -0.1) is 0 Å². The zero-order valence-electron chi connectivity index (χ0n) is 13.6. The standard InChI is InChI=1S/C17H20BrN3O2S/c1-3-14(11-4-6-12(18)7-5-11)20-15(22)9-8-13-10(2)19-17(24)21-16(13)23/h4-7,14H,3,8-9H2,1-2H3,(H,20,22)(H2,19,21,23,24)/t14-/m1/s1. The maximum atomic E-state index is 12.3. The van der Waals surface area contributed by atoms with E-state index in [1.54, 1.807) is 6.92 Å². The van der Waals surface area contributed by atoms with Gasteiger partial charge in [0.05, 0.1) is 6.04 Å². The summed E-state index contributed by atoms with van der Waals surface area (Å²) in [6, 6.07) is 7.86. The Kier molecular flexibility index (Phi) is 6.51. The molecule has 0 aliphatic heterocycles. The topological polar surface area (TPSA) is 77.8 Å². The summed E-state index contributed by atoms with van der Waals surface area (Å²) < 4.78 is 1.30. The van der Waals surface area contributed by atoms with E-state index in [1.165, 1.54) is 0 Å². The fourth-order valence-electron chi connectivity index (χ4n) is 2.55. The molecule has 128 valence electrons. The average Bonchev–Trinajstić information content (AvgIpc) is 2.52. The number of carbonyl (C=O) groups excluding carboxylic acids is 1. The quantitative estimate of drug-likeness (QED) is 0.636. The van der Waals surface area contributed by atoms with Gasteiger partial charge in [0.15, 0.2) is 4.77 Å². The number of amides is 1. The first-order valence-electron chi connectivity index (χ1n) is 7.77. The number of hydrogen-bond donors (Lipinski definition) is 3. The number of carbonyl (C=O) groups is 1. The number of aryl methyl sites for hydroxylation is 1. The van der Waals surface area contributed by atoms with Crippen LogP contribution in [0, 0.1) is 11.7 Å². The minimum Gasteiger partial charge on any atom is -0.349 e. The van der Waals surface area contributed by atoms with Gasteiger partial charge in [0.2, 0.25) is 5.91 Å². The molecule has 24 heavy (non-hydrogen) atoms. The van der Waals surface area contributed by atoms with Crippen LogP contribution in [0.4, 0.5) is 0 Å². The van der Waals surface area contributed by atoms with Gasteiger partial charge in [0, 0.05) is 22.2 Å². The molecule has 3 N–H and O–H groups in total. The van der Waals surface area contributed by atoms with Crippen LogP contribution in [0.3, 0.4) is 0 Å². The Morgan fingerprint density at radius 2 is 1.96 bits per heavy atom. The summed E-state index contributed by atoms with van der Waals surface area (Å²) in [5.41, 5.74) is 2.10. The van der Waals surface area contributed by atoms with E-state index in [4.69, 9.17) is 12.2 Å². The van der Waals surface area contributed by atoms with Crippen LogP contribution in [0.5, 0.6) is 0 Å². The molecule has 2 aromatic rings. The van der Waals surface area contributed by atoms with Crippen LogP contribution in [0.1, 0.15) is 42.6 Å². The van der Waals surface area contributed by atoms with E-state index in [9.17, 15) is 9.59 Å². The zero-order chi connectivity index (χ0) is 17.7. The summed E-state index contributed by atoms with van der Waals surface area (Å²) in [7, 11) is 0. The molecule has 1 aromatic carbocycles. The molecule has 1 atom stereocenters. The number of nitrogens with one attached hydrogen (secondary N) is 3. The second-order valence-electron chi connectivity index (χ2n) is 5.59. The van der Waals surface area contributed by atoms with Crippen LogP contribution in [-0.4, -0.2) is 15.9 Å². The Labute approximate surface area is 154 Å². The van der Waals surface area contributed by atoms with Gasteiger partial charge in [-0.05, 0) is 49.7 Å². The largest absolute Gasteiger partial charge is 0.349 e. The van der Waals surface area contributed by atoms with Crippen LogP contribution >= 0.6 is 28.1 Å². The minimum atomic E-state index is -0.232. The molecule has 0 bridgehead atoms. The van der Waals surface area contributed by atoms with Gasteiger partial charge in [0.1, 0.15) is 0 Å². The molecule has 0 aliphatic carbocycles. The van der Waals surface area contributed by atoms with E-state index in [0.717, 1.165) is 16.5 Å². The Bertz CT molecular complexity index is 827. The lowest BCUT2D eigenvalue weighted by molar-refractivity contribution is -0.121. The van der Waals surface area contributed by atoms with Crippen molar-refractivity contribution in [1.82, 2.24) is 15.3 Å². The first-order chi connectivity index (χ1) is 11.4. The molecule has 0 saturated heterocycles. The Hall–Kier alpha value is -1.73. The van der Waals surface area contributed by atoms with Crippen molar-refractivity contribution >= 4 is 34.1 Å². The fraction of sp³-hybridized carbons (Fsp3) is 0.353. The molecule has 1 heterocycles. The van der Waals surface area contributed by atoms with Crippen molar-refractivity contribution in [2.45, 2.75) is 39.2 Å². The van der Waals surface area contributed by atoms with Crippen LogP contribution in [-0.2, 0) is 11.2 Å². The first-order valence-corrected chi connectivity index (χ1v) is 8.97. The van der Waals surface area contributed by atoms with Gasteiger partial charge in [-0.25, -0.2) is 0 Å². The van der Waals surface area contributed by atoms with Gasteiger partial charge in [-0.1, -0.05) is 35.0 Å². The predicted octanol–water partition coefficient (Wildman–Crippen LogP) is 3.70. The van der Waals surface area contributed by atoms with E-state index < -0.39 is 0 Å². The van der Waals surface area contributed by atoms with Gasteiger partial charge in [-0.2, -0.15) is 0 Å². The van der Waals surface area contributed by atoms with Crippen LogP contribution < -0.4 is 10.9 Å². The van der Waals surface area contributed by atoms with E-state index in [1.807, 2.05) is 31.2 Å². The molecule has 5 nitrogen and oxygen atoms in total. The lowest BCUT2D eigenvalue weighted by Crippen LogP contribution is -2.29. The highest BCUT2D eigenvalue weighted by Crippen LogP contribution is 2.19. The smallest absolute Gasteiger partial charge is 0.255 e. The Morgan fingerprint density at radius 3 is 2.54 bits per heavy atom. The summed E-state index contributed by atoms with van der Waals surface area (Å²) in [5, 5.41) is 3.03. The third kappa shape index (κ3) is 4.88. The van der Waals surface area contributed by atoms with Crippen LogP contribution in [0.2, 0.25) is 0 Å². The van der Waals surface area contributed by atoms with Crippen molar-refractivity contribution in [3.05, 3.63) is 60.7 Å². The molecule has 7 heteroatoms. The van der Waals surface area contributed by atoms with Gasteiger partial charge >= 0.3 is 0 Å². The molecule has 0 saturated carbocycles. The van der Waals surface area contributed by atoms with Crippen molar-refractivity contribution in [3.63, 3.8) is 0 Å². The number of aromatic amines is 2. The highest BCUT2D eigenvalue weighted by molar-refractivity contribution is 9.10. The fourth-order valence-corrected chi connectivity index (χ4v) is 3.06. The second kappa shape index (κ2) is 8.39. The average molecular weight is 410 g/mol. The van der Waals surface area contributed by atoms with E-state index in [0.29, 0.717) is 22.4 Å². The summed E-state index contributed by atoms with van der Waals surface area (Å²) in [6.45, 7) is 3.81. The van der Waals surface area contributed by atoms with Gasteiger partial charge in [0.25, 0.3) is 5.56 Å². The lowest BCUT2D eigenvalue weighted by atomic mass is 10.0. The maximum Gasteiger partial charge on any atom is 0.255 e. The van der Waals surface area contributed by atoms with Crippen molar-refractivity contribution in [2.75, 3.05) is 0 Å². The molecular weight excluding hydrogens is 390 g/mol. The van der Waals surface area contributed by atoms with Crippen molar-refractivity contribution in [2.24, 2.45) is 0 Å². The Morgan fingerprint density at radius 1 is 1.29 bits per heavy atom. The van der Waals surface area contributed by atoms with E-state index in [-0.39, 0.29) is 23.9 Å². The molecule has 2 rings (SSSR count). The lowest BCUT2D eigenvalue weighted by Gasteiger charge is -2.17. The van der Waals surface area contributed by atoms with Crippen LogP contribution in [0.25, 0.3) is 0 Å². The highest BCUT2D eigenvalue weighted by atomic mass is 79.9.